The Hall–Kier alpha value is -0.330. The minimum absolute atomic E-state index is 0.0231. The van der Waals surface area contributed by atoms with Crippen molar-refractivity contribution < 1.29 is 14.3 Å². The minimum Gasteiger partial charge on any atom is -0.447 e. The van der Waals surface area contributed by atoms with Crippen molar-refractivity contribution in [2.75, 3.05) is 6.61 Å². The summed E-state index contributed by atoms with van der Waals surface area (Å²) in [5, 5.41) is 0. The smallest absolute Gasteiger partial charge is 0.416 e. The van der Waals surface area contributed by atoms with E-state index < -0.39 is 6.09 Å². The first-order valence-corrected chi connectivity index (χ1v) is 6.48. The number of halogens is 1. The van der Waals surface area contributed by atoms with Gasteiger partial charge in [0.15, 0.2) is 0 Å². The van der Waals surface area contributed by atoms with Crippen LogP contribution < -0.4 is 0 Å². The van der Waals surface area contributed by atoms with Crippen LogP contribution in [-0.4, -0.2) is 33.5 Å². The number of carbonyl (C=O) groups excluding carboxylic acids is 2. The predicted octanol–water partition coefficient (Wildman–Crippen LogP) is 1.96. The summed E-state index contributed by atoms with van der Waals surface area (Å²) in [5.74, 6) is -0.135. The molecular weight excluding hydrogens is 309 g/mol. The number of cyclic esters (lactones) is 1. The van der Waals surface area contributed by atoms with Crippen molar-refractivity contribution in [3.63, 3.8) is 0 Å². The summed E-state index contributed by atoms with van der Waals surface area (Å²) in [4.78, 5) is 24.7. The van der Waals surface area contributed by atoms with E-state index in [2.05, 4.69) is 22.6 Å². The van der Waals surface area contributed by atoms with Crippen LogP contribution in [0.25, 0.3) is 0 Å². The third-order valence-electron chi connectivity index (χ3n) is 3.04. The van der Waals surface area contributed by atoms with E-state index in [9.17, 15) is 9.59 Å². The molecule has 0 spiro atoms. The molecule has 0 N–H and O–H groups in total. The highest BCUT2D eigenvalue weighted by molar-refractivity contribution is 14.1. The second-order valence-electron chi connectivity index (χ2n) is 4.25. The standard InChI is InChI=1S/C10H14INO3/c1-6-4-7(11)2-3-8-5-15-10(14)12(8)9(6)13/h6-8H,2-5H2,1H3/t6-,7-,8+/m0/s1. The monoisotopic (exact) mass is 323 g/mol. The number of amides is 2. The number of nitrogens with zero attached hydrogens (tertiary/aromatic N) is 1. The molecule has 3 atom stereocenters. The minimum atomic E-state index is -0.455. The number of rotatable bonds is 0. The molecular formula is C10H14INO3. The maximum atomic E-state index is 12.0. The van der Waals surface area contributed by atoms with Gasteiger partial charge in [-0.05, 0) is 19.3 Å². The first-order valence-electron chi connectivity index (χ1n) is 5.23. The molecule has 2 amide bonds. The van der Waals surface area contributed by atoms with Gasteiger partial charge in [0.25, 0.3) is 0 Å². The van der Waals surface area contributed by atoms with Crippen molar-refractivity contribution in [1.29, 1.82) is 0 Å². The van der Waals surface area contributed by atoms with Gasteiger partial charge in [-0.3, -0.25) is 4.79 Å². The summed E-state index contributed by atoms with van der Waals surface area (Å²) in [7, 11) is 0. The van der Waals surface area contributed by atoms with Crippen LogP contribution in [0.1, 0.15) is 26.2 Å². The predicted molar refractivity (Wildman–Crippen MR) is 62.8 cm³/mol. The van der Waals surface area contributed by atoms with Crippen molar-refractivity contribution in [3.8, 4) is 0 Å². The quantitative estimate of drug-likeness (QED) is 0.506. The Morgan fingerprint density at radius 1 is 1.40 bits per heavy atom. The lowest BCUT2D eigenvalue weighted by Gasteiger charge is -2.27. The van der Waals surface area contributed by atoms with Crippen LogP contribution in [0.4, 0.5) is 4.79 Å². The summed E-state index contributed by atoms with van der Waals surface area (Å²) in [6, 6.07) is -0.0231. The van der Waals surface area contributed by atoms with Gasteiger partial charge in [0.1, 0.15) is 6.61 Å². The molecule has 0 saturated carbocycles. The van der Waals surface area contributed by atoms with Gasteiger partial charge in [0, 0.05) is 9.84 Å². The molecule has 0 unspecified atom stereocenters. The van der Waals surface area contributed by atoms with Gasteiger partial charge in [-0.25, -0.2) is 9.69 Å². The Bertz CT molecular complexity index is 294. The second kappa shape index (κ2) is 4.27. The first kappa shape index (κ1) is 11.2. The fourth-order valence-electron chi connectivity index (χ4n) is 2.16. The Balaban J connectivity index is 2.19. The van der Waals surface area contributed by atoms with Gasteiger partial charge in [-0.2, -0.15) is 0 Å². The zero-order chi connectivity index (χ0) is 11.0. The Morgan fingerprint density at radius 3 is 2.87 bits per heavy atom. The molecule has 4 nitrogen and oxygen atoms in total. The van der Waals surface area contributed by atoms with Gasteiger partial charge < -0.3 is 4.74 Å². The summed E-state index contributed by atoms with van der Waals surface area (Å²) < 4.78 is 5.46. The van der Waals surface area contributed by atoms with Gasteiger partial charge in [0.05, 0.1) is 6.04 Å². The SMILES string of the molecule is C[C@H]1C[C@@H](I)CC[C@@H]2COC(=O)N2C1=O. The lowest BCUT2D eigenvalue weighted by atomic mass is 9.96. The molecule has 2 rings (SSSR count). The molecule has 0 bridgehead atoms. The topological polar surface area (TPSA) is 46.6 Å². The van der Waals surface area contributed by atoms with Crippen molar-refractivity contribution in [2.24, 2.45) is 5.92 Å². The number of hydrogen-bond donors (Lipinski definition) is 0. The number of imide groups is 1. The molecule has 2 heterocycles. The number of carbonyl (C=O) groups is 2. The third-order valence-corrected chi connectivity index (χ3v) is 4.17. The van der Waals surface area contributed by atoms with Crippen LogP contribution in [-0.2, 0) is 9.53 Å². The zero-order valence-corrected chi connectivity index (χ0v) is 10.8. The normalized spacial score (nSPS) is 36.9. The van der Waals surface area contributed by atoms with Gasteiger partial charge >= 0.3 is 6.09 Å². The lowest BCUT2D eigenvalue weighted by molar-refractivity contribution is -0.133. The summed E-state index contributed by atoms with van der Waals surface area (Å²) in [5.41, 5.74) is 0. The van der Waals surface area contributed by atoms with Crippen LogP contribution in [0.15, 0.2) is 0 Å². The summed E-state index contributed by atoms with van der Waals surface area (Å²) in [6.07, 6.45) is 2.33. The van der Waals surface area contributed by atoms with Crippen LogP contribution >= 0.6 is 22.6 Å². The van der Waals surface area contributed by atoms with Crippen LogP contribution in [0.3, 0.4) is 0 Å². The Morgan fingerprint density at radius 2 is 2.13 bits per heavy atom. The van der Waals surface area contributed by atoms with Crippen LogP contribution in [0, 0.1) is 5.92 Å². The third kappa shape index (κ3) is 2.11. The molecule has 2 aliphatic rings. The van der Waals surface area contributed by atoms with E-state index in [-0.39, 0.29) is 17.9 Å². The average Bonchev–Trinajstić information content (AvgIpc) is 2.54. The molecule has 0 radical (unpaired) electrons. The average molecular weight is 323 g/mol. The van der Waals surface area contributed by atoms with E-state index in [1.165, 1.54) is 4.90 Å². The van der Waals surface area contributed by atoms with E-state index in [1.54, 1.807) is 0 Å². The van der Waals surface area contributed by atoms with Crippen molar-refractivity contribution in [2.45, 2.75) is 36.2 Å². The highest BCUT2D eigenvalue weighted by atomic mass is 127. The molecule has 84 valence electrons. The summed E-state index contributed by atoms with van der Waals surface area (Å²) >= 11 is 2.39. The van der Waals surface area contributed by atoms with E-state index in [4.69, 9.17) is 4.74 Å². The van der Waals surface area contributed by atoms with Gasteiger partial charge in [-0.1, -0.05) is 29.5 Å². The van der Waals surface area contributed by atoms with Gasteiger partial charge in [0.2, 0.25) is 5.91 Å². The van der Waals surface area contributed by atoms with Gasteiger partial charge in [-0.15, -0.1) is 0 Å². The number of ether oxygens (including phenoxy) is 1. The summed E-state index contributed by atoms with van der Waals surface area (Å²) in [6.45, 7) is 2.27. The van der Waals surface area contributed by atoms with E-state index in [0.717, 1.165) is 19.3 Å². The molecule has 5 heteroatoms. The highest BCUT2D eigenvalue weighted by Crippen LogP contribution is 2.29. The maximum absolute atomic E-state index is 12.0. The first-order chi connectivity index (χ1) is 7.09. The molecule has 0 aromatic carbocycles. The molecule has 2 fully saturated rings. The van der Waals surface area contributed by atoms with Crippen LogP contribution in [0.5, 0.6) is 0 Å². The molecule has 2 aliphatic heterocycles. The largest absolute Gasteiger partial charge is 0.447 e. The Labute approximate surface area is 102 Å². The van der Waals surface area contributed by atoms with Crippen molar-refractivity contribution in [3.05, 3.63) is 0 Å². The lowest BCUT2D eigenvalue weighted by Crippen LogP contribution is -2.44. The molecule has 0 aromatic rings. The maximum Gasteiger partial charge on any atom is 0.416 e. The Kier molecular flexibility index (Phi) is 3.18. The van der Waals surface area contributed by atoms with Crippen LogP contribution in [0.2, 0.25) is 0 Å². The molecule has 15 heavy (non-hydrogen) atoms. The van der Waals surface area contributed by atoms with E-state index in [1.807, 2.05) is 6.92 Å². The van der Waals surface area contributed by atoms with E-state index >= 15 is 0 Å². The highest BCUT2D eigenvalue weighted by Gasteiger charge is 2.41. The molecule has 2 saturated heterocycles. The molecule has 0 aromatic heterocycles. The molecule has 0 aliphatic carbocycles. The van der Waals surface area contributed by atoms with Crippen molar-refractivity contribution in [1.82, 2.24) is 4.90 Å². The zero-order valence-electron chi connectivity index (χ0n) is 8.61. The second-order valence-corrected chi connectivity index (χ2v) is 6.01. The van der Waals surface area contributed by atoms with Crippen molar-refractivity contribution >= 4 is 34.6 Å². The van der Waals surface area contributed by atoms with E-state index in [0.29, 0.717) is 10.5 Å². The fraction of sp³-hybridized carbons (Fsp3) is 0.800. The number of hydrogen-bond acceptors (Lipinski definition) is 3. The number of alkyl halides is 1. The fourth-order valence-corrected chi connectivity index (χ4v) is 3.28. The number of fused-ring (bicyclic) bond motifs is 1.